The van der Waals surface area contributed by atoms with Gasteiger partial charge in [-0.1, -0.05) is 42.5 Å². The van der Waals surface area contributed by atoms with E-state index in [1.54, 1.807) is 6.08 Å². The Morgan fingerprint density at radius 2 is 1.96 bits per heavy atom. The van der Waals surface area contributed by atoms with E-state index in [-0.39, 0.29) is 5.91 Å². The van der Waals surface area contributed by atoms with E-state index < -0.39 is 0 Å². The van der Waals surface area contributed by atoms with Crippen molar-refractivity contribution >= 4 is 12.0 Å². The molecule has 0 unspecified atom stereocenters. The van der Waals surface area contributed by atoms with Crippen LogP contribution < -0.4 is 10.1 Å². The number of hydrogen-bond acceptors (Lipinski definition) is 3. The summed E-state index contributed by atoms with van der Waals surface area (Å²) in [5, 5.41) is 2.84. The zero-order valence-corrected chi connectivity index (χ0v) is 14.6. The topological polar surface area (TPSA) is 47.6 Å². The molecule has 0 bridgehead atoms. The van der Waals surface area contributed by atoms with Crippen LogP contribution in [-0.2, 0) is 16.1 Å². The van der Waals surface area contributed by atoms with Gasteiger partial charge in [0.1, 0.15) is 12.4 Å². The van der Waals surface area contributed by atoms with Gasteiger partial charge in [-0.05, 0) is 42.7 Å². The molecule has 0 aliphatic carbocycles. The van der Waals surface area contributed by atoms with Crippen LogP contribution in [0, 0.1) is 0 Å². The Bertz CT molecular complexity index is 668. The predicted octanol–water partition coefficient (Wildman–Crippen LogP) is 3.82. The lowest BCUT2D eigenvalue weighted by Gasteiger charge is -2.07. The van der Waals surface area contributed by atoms with Gasteiger partial charge in [0, 0.05) is 25.8 Å². The van der Waals surface area contributed by atoms with E-state index in [4.69, 9.17) is 9.47 Å². The normalized spacial score (nSPS) is 10.8. The molecule has 0 saturated heterocycles. The van der Waals surface area contributed by atoms with E-state index in [0.717, 1.165) is 23.3 Å². The van der Waals surface area contributed by atoms with Gasteiger partial charge in [0.2, 0.25) is 5.91 Å². The van der Waals surface area contributed by atoms with Crippen LogP contribution in [0.3, 0.4) is 0 Å². The predicted molar refractivity (Wildman–Crippen MR) is 100 cm³/mol. The molecule has 0 radical (unpaired) electrons. The van der Waals surface area contributed by atoms with Crippen LogP contribution in [0.1, 0.15) is 24.5 Å². The molecule has 0 spiro atoms. The average Bonchev–Trinajstić information content (AvgIpc) is 2.66. The Morgan fingerprint density at radius 3 is 2.76 bits per heavy atom. The first-order valence-electron chi connectivity index (χ1n) is 8.58. The van der Waals surface area contributed by atoms with Gasteiger partial charge in [0.05, 0.1) is 0 Å². The molecule has 0 aliphatic heterocycles. The Labute approximate surface area is 149 Å². The molecule has 1 amide bonds. The molecule has 0 fully saturated rings. The molecule has 0 saturated carbocycles. The molecule has 2 rings (SSSR count). The lowest BCUT2D eigenvalue weighted by atomic mass is 10.2. The van der Waals surface area contributed by atoms with Crippen molar-refractivity contribution in [2.45, 2.75) is 20.0 Å². The molecular weight excluding hydrogens is 314 g/mol. The van der Waals surface area contributed by atoms with E-state index in [2.05, 4.69) is 5.32 Å². The number of carbonyl (C=O) groups excluding carboxylic acids is 1. The van der Waals surface area contributed by atoms with E-state index >= 15 is 0 Å². The molecule has 0 atom stereocenters. The standard InChI is InChI=1S/C21H25NO3/c1-2-24-15-7-14-22-21(23)13-12-18-10-6-11-20(16-18)25-17-19-8-4-3-5-9-19/h3-6,8-13,16H,2,7,14-15,17H2,1H3,(H,22,23). The van der Waals surface area contributed by atoms with E-state index in [1.165, 1.54) is 6.08 Å². The molecule has 0 aliphatic rings. The largest absolute Gasteiger partial charge is 0.489 e. The Kier molecular flexibility index (Phi) is 8.29. The fraction of sp³-hybridized carbons (Fsp3) is 0.286. The second-order valence-corrected chi connectivity index (χ2v) is 5.52. The molecule has 132 valence electrons. The van der Waals surface area contributed by atoms with Crippen molar-refractivity contribution in [3.63, 3.8) is 0 Å². The third kappa shape index (κ3) is 7.68. The lowest BCUT2D eigenvalue weighted by molar-refractivity contribution is -0.116. The fourth-order valence-corrected chi connectivity index (χ4v) is 2.21. The number of carbonyl (C=O) groups is 1. The molecule has 4 nitrogen and oxygen atoms in total. The van der Waals surface area contributed by atoms with Crippen molar-refractivity contribution in [2.75, 3.05) is 19.8 Å². The summed E-state index contributed by atoms with van der Waals surface area (Å²) in [6, 6.07) is 17.7. The van der Waals surface area contributed by atoms with Crippen LogP contribution in [0.15, 0.2) is 60.7 Å². The van der Waals surface area contributed by atoms with Crippen molar-refractivity contribution in [1.82, 2.24) is 5.32 Å². The zero-order valence-electron chi connectivity index (χ0n) is 14.6. The van der Waals surface area contributed by atoms with Crippen molar-refractivity contribution < 1.29 is 14.3 Å². The molecule has 1 N–H and O–H groups in total. The van der Waals surface area contributed by atoms with E-state index in [9.17, 15) is 4.79 Å². The highest BCUT2D eigenvalue weighted by atomic mass is 16.5. The van der Waals surface area contributed by atoms with Crippen LogP contribution >= 0.6 is 0 Å². The summed E-state index contributed by atoms with van der Waals surface area (Å²) in [6.07, 6.45) is 4.14. The van der Waals surface area contributed by atoms with Gasteiger partial charge in [-0.3, -0.25) is 4.79 Å². The smallest absolute Gasteiger partial charge is 0.244 e. The van der Waals surface area contributed by atoms with Gasteiger partial charge >= 0.3 is 0 Å². The number of rotatable bonds is 10. The van der Waals surface area contributed by atoms with Crippen molar-refractivity contribution in [2.24, 2.45) is 0 Å². The Balaban J connectivity index is 1.79. The van der Waals surface area contributed by atoms with Gasteiger partial charge in [-0.2, -0.15) is 0 Å². The second kappa shape index (κ2) is 11.0. The summed E-state index contributed by atoms with van der Waals surface area (Å²) < 4.78 is 11.0. The first-order valence-corrected chi connectivity index (χ1v) is 8.58. The number of benzene rings is 2. The molecule has 25 heavy (non-hydrogen) atoms. The first-order chi connectivity index (χ1) is 12.3. The summed E-state index contributed by atoms with van der Waals surface area (Å²) in [6.45, 7) is 4.47. The second-order valence-electron chi connectivity index (χ2n) is 5.52. The van der Waals surface area contributed by atoms with Gasteiger partial charge < -0.3 is 14.8 Å². The zero-order chi connectivity index (χ0) is 17.7. The average molecular weight is 339 g/mol. The minimum atomic E-state index is -0.105. The van der Waals surface area contributed by atoms with Crippen molar-refractivity contribution in [1.29, 1.82) is 0 Å². The quantitative estimate of drug-likeness (QED) is 0.529. The minimum Gasteiger partial charge on any atom is -0.489 e. The van der Waals surface area contributed by atoms with Crippen LogP contribution in [0.4, 0.5) is 0 Å². The third-order valence-corrected chi connectivity index (χ3v) is 3.50. The summed E-state index contributed by atoms with van der Waals surface area (Å²) in [7, 11) is 0. The van der Waals surface area contributed by atoms with Crippen molar-refractivity contribution in [3.8, 4) is 5.75 Å². The first kappa shape index (κ1) is 18.7. The molecule has 4 heteroatoms. The van der Waals surface area contributed by atoms with Crippen LogP contribution in [0.5, 0.6) is 5.75 Å². The van der Waals surface area contributed by atoms with Crippen molar-refractivity contribution in [3.05, 3.63) is 71.8 Å². The number of nitrogens with one attached hydrogen (secondary N) is 1. The maximum Gasteiger partial charge on any atom is 0.244 e. The molecular formula is C21H25NO3. The Morgan fingerprint density at radius 1 is 1.12 bits per heavy atom. The van der Waals surface area contributed by atoms with Gasteiger partial charge in [0.15, 0.2) is 0 Å². The van der Waals surface area contributed by atoms with Crippen LogP contribution in [0.2, 0.25) is 0 Å². The van der Waals surface area contributed by atoms with Gasteiger partial charge in [0.25, 0.3) is 0 Å². The summed E-state index contributed by atoms with van der Waals surface area (Å²) in [5.74, 6) is 0.676. The SMILES string of the molecule is CCOCCCNC(=O)C=Cc1cccc(OCc2ccccc2)c1. The highest BCUT2D eigenvalue weighted by Crippen LogP contribution is 2.16. The molecule has 2 aromatic carbocycles. The van der Waals surface area contributed by atoms with Crippen LogP contribution in [0.25, 0.3) is 6.08 Å². The molecule has 0 heterocycles. The maximum atomic E-state index is 11.8. The summed E-state index contributed by atoms with van der Waals surface area (Å²) in [5.41, 5.74) is 2.05. The maximum absolute atomic E-state index is 11.8. The highest BCUT2D eigenvalue weighted by Gasteiger charge is 1.98. The van der Waals surface area contributed by atoms with E-state index in [0.29, 0.717) is 26.4 Å². The minimum absolute atomic E-state index is 0.105. The number of amides is 1. The van der Waals surface area contributed by atoms with Gasteiger partial charge in [-0.25, -0.2) is 0 Å². The summed E-state index contributed by atoms with van der Waals surface area (Å²) in [4.78, 5) is 11.8. The van der Waals surface area contributed by atoms with E-state index in [1.807, 2.05) is 61.5 Å². The molecule has 2 aromatic rings. The Hall–Kier alpha value is -2.59. The van der Waals surface area contributed by atoms with Crippen LogP contribution in [-0.4, -0.2) is 25.7 Å². The lowest BCUT2D eigenvalue weighted by Crippen LogP contribution is -2.23. The highest BCUT2D eigenvalue weighted by molar-refractivity contribution is 5.91. The fourth-order valence-electron chi connectivity index (χ4n) is 2.21. The van der Waals surface area contributed by atoms with Gasteiger partial charge in [-0.15, -0.1) is 0 Å². The molecule has 0 aromatic heterocycles. The summed E-state index contributed by atoms with van der Waals surface area (Å²) >= 11 is 0. The monoisotopic (exact) mass is 339 g/mol. The number of hydrogen-bond donors (Lipinski definition) is 1. The number of ether oxygens (including phenoxy) is 2. The third-order valence-electron chi connectivity index (χ3n) is 3.50.